The van der Waals surface area contributed by atoms with Crippen LogP contribution in [0.5, 0.6) is 0 Å². The van der Waals surface area contributed by atoms with Crippen molar-refractivity contribution in [3.05, 3.63) is 112 Å². The first-order valence-electron chi connectivity index (χ1n) is 11.1. The number of amides is 1. The van der Waals surface area contributed by atoms with E-state index in [-0.39, 0.29) is 23.6 Å². The summed E-state index contributed by atoms with van der Waals surface area (Å²) < 4.78 is 20.6. The number of benzene rings is 3. The van der Waals surface area contributed by atoms with Gasteiger partial charge in [-0.1, -0.05) is 41.6 Å². The molecule has 5 aromatic rings. The Balaban J connectivity index is 1.24. The Kier molecular flexibility index (Phi) is 6.17. The molecule has 1 N–H and O–H groups in total. The number of aryl methyl sites for hydroxylation is 1. The largest absolute Gasteiger partial charge is 0.456 e. The van der Waals surface area contributed by atoms with Crippen LogP contribution in [0, 0.1) is 5.82 Å². The summed E-state index contributed by atoms with van der Waals surface area (Å²) in [6.45, 7) is 0.421. The van der Waals surface area contributed by atoms with Gasteiger partial charge in [0.15, 0.2) is 5.43 Å². The van der Waals surface area contributed by atoms with Gasteiger partial charge >= 0.3 is 0 Å². The van der Waals surface area contributed by atoms with Crippen LogP contribution in [0.4, 0.5) is 10.1 Å². The molecule has 0 aliphatic heterocycles. The second kappa shape index (κ2) is 9.72. The van der Waals surface area contributed by atoms with Gasteiger partial charge in [-0.3, -0.25) is 9.59 Å². The normalized spacial score (nSPS) is 11.0. The van der Waals surface area contributed by atoms with Gasteiger partial charge in [0.2, 0.25) is 5.91 Å². The first-order valence-corrected chi connectivity index (χ1v) is 11.1. The zero-order valence-electron chi connectivity index (χ0n) is 18.6. The topological polar surface area (TPSA) is 90.0 Å². The molecule has 2 aromatic heterocycles. The van der Waals surface area contributed by atoms with Gasteiger partial charge in [-0.2, -0.15) is 0 Å². The first kappa shape index (κ1) is 22.2. The fourth-order valence-electron chi connectivity index (χ4n) is 3.76. The van der Waals surface area contributed by atoms with Crippen LogP contribution in [0.3, 0.4) is 0 Å². The van der Waals surface area contributed by atoms with Crippen LogP contribution in [0.15, 0.2) is 94.3 Å². The minimum absolute atomic E-state index is 0.113. The molecule has 174 valence electrons. The SMILES string of the molecule is O=C(CCc1cn(Cc2ccc3oc(-c4ccccc4)cc(=O)c3c2)nn1)Nc1ccc(F)cc1. The molecule has 0 aliphatic carbocycles. The van der Waals surface area contributed by atoms with Crippen molar-refractivity contribution < 1.29 is 13.6 Å². The van der Waals surface area contributed by atoms with Gasteiger partial charge in [0.05, 0.1) is 17.6 Å². The molecule has 5 rings (SSSR count). The minimum Gasteiger partial charge on any atom is -0.456 e. The number of carbonyl (C=O) groups is 1. The second-order valence-electron chi connectivity index (χ2n) is 8.13. The average Bonchev–Trinajstić information content (AvgIpc) is 3.32. The lowest BCUT2D eigenvalue weighted by Gasteiger charge is -2.06. The van der Waals surface area contributed by atoms with Crippen molar-refractivity contribution in [1.82, 2.24) is 15.0 Å². The molecule has 2 heterocycles. The monoisotopic (exact) mass is 468 g/mol. The lowest BCUT2D eigenvalue weighted by atomic mass is 10.1. The quantitative estimate of drug-likeness (QED) is 0.370. The third-order valence-corrected chi connectivity index (χ3v) is 5.52. The van der Waals surface area contributed by atoms with Crippen molar-refractivity contribution in [2.45, 2.75) is 19.4 Å². The highest BCUT2D eigenvalue weighted by molar-refractivity contribution is 5.90. The van der Waals surface area contributed by atoms with E-state index in [2.05, 4.69) is 15.6 Å². The smallest absolute Gasteiger partial charge is 0.224 e. The van der Waals surface area contributed by atoms with Crippen molar-refractivity contribution in [3.8, 4) is 11.3 Å². The maximum atomic E-state index is 13.0. The average molecular weight is 468 g/mol. The van der Waals surface area contributed by atoms with Crippen LogP contribution < -0.4 is 10.7 Å². The molecule has 8 heteroatoms. The first-order chi connectivity index (χ1) is 17.0. The van der Waals surface area contributed by atoms with Crippen LogP contribution in [-0.4, -0.2) is 20.9 Å². The number of anilines is 1. The Bertz CT molecular complexity index is 1540. The molecular weight excluding hydrogens is 447 g/mol. The van der Waals surface area contributed by atoms with E-state index in [1.165, 1.54) is 30.3 Å². The van der Waals surface area contributed by atoms with Crippen molar-refractivity contribution in [1.29, 1.82) is 0 Å². The highest BCUT2D eigenvalue weighted by Crippen LogP contribution is 2.22. The Labute approximate surface area is 199 Å². The fraction of sp³-hybridized carbons (Fsp3) is 0.111. The predicted molar refractivity (Wildman–Crippen MR) is 130 cm³/mol. The maximum Gasteiger partial charge on any atom is 0.224 e. The van der Waals surface area contributed by atoms with E-state index >= 15 is 0 Å². The van der Waals surface area contributed by atoms with E-state index in [9.17, 15) is 14.0 Å². The van der Waals surface area contributed by atoms with Gasteiger partial charge in [0.25, 0.3) is 0 Å². The lowest BCUT2D eigenvalue weighted by molar-refractivity contribution is -0.116. The van der Waals surface area contributed by atoms with Gasteiger partial charge in [-0.25, -0.2) is 9.07 Å². The summed E-state index contributed by atoms with van der Waals surface area (Å²) in [4.78, 5) is 24.9. The van der Waals surface area contributed by atoms with E-state index in [4.69, 9.17) is 4.42 Å². The summed E-state index contributed by atoms with van der Waals surface area (Å²) in [7, 11) is 0. The molecule has 0 saturated carbocycles. The third kappa shape index (κ3) is 5.33. The summed E-state index contributed by atoms with van der Waals surface area (Å²) in [6.07, 6.45) is 2.41. The van der Waals surface area contributed by atoms with Gasteiger partial charge in [-0.15, -0.1) is 5.10 Å². The molecule has 1 amide bonds. The molecule has 3 aromatic carbocycles. The number of hydrogen-bond donors (Lipinski definition) is 1. The van der Waals surface area contributed by atoms with E-state index in [0.717, 1.165) is 11.1 Å². The summed E-state index contributed by atoms with van der Waals surface area (Å²) in [5.41, 5.74) is 3.34. The van der Waals surface area contributed by atoms with Crippen LogP contribution in [-0.2, 0) is 17.8 Å². The van der Waals surface area contributed by atoms with Crippen LogP contribution >= 0.6 is 0 Å². The van der Waals surface area contributed by atoms with E-state index in [0.29, 0.717) is 41.1 Å². The number of halogens is 1. The summed E-state index contributed by atoms with van der Waals surface area (Å²) in [5, 5.41) is 11.5. The highest BCUT2D eigenvalue weighted by Gasteiger charge is 2.10. The molecule has 0 bridgehead atoms. The molecule has 0 unspecified atom stereocenters. The van der Waals surface area contributed by atoms with Crippen molar-refractivity contribution in [2.24, 2.45) is 0 Å². The Hall–Kier alpha value is -4.59. The number of hydrogen-bond acceptors (Lipinski definition) is 5. The number of rotatable bonds is 7. The minimum atomic E-state index is -0.358. The fourth-order valence-corrected chi connectivity index (χ4v) is 3.76. The third-order valence-electron chi connectivity index (χ3n) is 5.52. The lowest BCUT2D eigenvalue weighted by Crippen LogP contribution is -2.12. The predicted octanol–water partition coefficient (Wildman–Crippen LogP) is 4.81. The van der Waals surface area contributed by atoms with Crippen LogP contribution in [0.2, 0.25) is 0 Å². The second-order valence-corrected chi connectivity index (χ2v) is 8.13. The zero-order chi connectivity index (χ0) is 24.2. The number of aromatic nitrogens is 3. The van der Waals surface area contributed by atoms with Crippen molar-refractivity contribution in [2.75, 3.05) is 5.32 Å². The summed E-state index contributed by atoms with van der Waals surface area (Å²) in [5.74, 6) is -0.0219. The molecule has 35 heavy (non-hydrogen) atoms. The van der Waals surface area contributed by atoms with Gasteiger partial charge in [-0.05, 0) is 42.0 Å². The molecule has 0 atom stereocenters. The Morgan fingerprint density at radius 2 is 1.80 bits per heavy atom. The van der Waals surface area contributed by atoms with Crippen LogP contribution in [0.25, 0.3) is 22.3 Å². The standard InChI is InChI=1S/C27H21FN4O3/c28-20-7-9-21(10-8-20)29-27(34)13-11-22-17-32(31-30-22)16-18-6-12-25-23(14-18)24(33)15-26(35-25)19-4-2-1-3-5-19/h1-10,12,14-15,17H,11,13,16H2,(H,29,34). The Morgan fingerprint density at radius 1 is 1.00 bits per heavy atom. The van der Waals surface area contributed by atoms with Crippen LogP contribution in [0.1, 0.15) is 17.7 Å². The molecule has 0 spiro atoms. The molecule has 0 fully saturated rings. The number of fused-ring (bicyclic) bond motifs is 1. The molecule has 0 aliphatic rings. The maximum absolute atomic E-state index is 13.0. The van der Waals surface area contributed by atoms with E-state index < -0.39 is 0 Å². The van der Waals surface area contributed by atoms with E-state index in [1.807, 2.05) is 36.4 Å². The van der Waals surface area contributed by atoms with Crippen molar-refractivity contribution in [3.63, 3.8) is 0 Å². The van der Waals surface area contributed by atoms with Gasteiger partial charge in [0, 0.05) is 36.4 Å². The van der Waals surface area contributed by atoms with E-state index in [1.54, 1.807) is 23.0 Å². The van der Waals surface area contributed by atoms with Gasteiger partial charge < -0.3 is 9.73 Å². The summed E-state index contributed by atoms with van der Waals surface area (Å²) >= 11 is 0. The molecule has 0 saturated heterocycles. The molecule has 7 nitrogen and oxygen atoms in total. The highest BCUT2D eigenvalue weighted by atomic mass is 19.1. The number of carbonyl (C=O) groups excluding carboxylic acids is 1. The summed E-state index contributed by atoms with van der Waals surface area (Å²) in [6, 6.07) is 22.1. The molecular formula is C27H21FN4O3. The number of nitrogens with one attached hydrogen (secondary N) is 1. The molecule has 0 radical (unpaired) electrons. The zero-order valence-corrected chi connectivity index (χ0v) is 18.6. The Morgan fingerprint density at radius 3 is 2.60 bits per heavy atom. The number of nitrogens with zero attached hydrogens (tertiary/aromatic N) is 3. The van der Waals surface area contributed by atoms with Gasteiger partial charge in [0.1, 0.15) is 17.2 Å². The van der Waals surface area contributed by atoms with Crippen molar-refractivity contribution >= 4 is 22.6 Å².